The molecule has 16 heavy (non-hydrogen) atoms. The number of hydrogen-bond acceptors (Lipinski definition) is 4. The van der Waals surface area contributed by atoms with Crippen LogP contribution in [0.15, 0.2) is 0 Å². The van der Waals surface area contributed by atoms with Crippen molar-refractivity contribution < 1.29 is 24.2 Å². The van der Waals surface area contributed by atoms with Crippen molar-refractivity contribution in [3.05, 3.63) is 0 Å². The van der Waals surface area contributed by atoms with Gasteiger partial charge in [-0.15, -0.1) is 19.3 Å². The monoisotopic (exact) mass is 220 g/mol. The molecule has 0 rings (SSSR count). The van der Waals surface area contributed by atoms with Gasteiger partial charge in [0, 0.05) is 5.92 Å². The average Bonchev–Trinajstić information content (AvgIpc) is 2.19. The minimum Gasteiger partial charge on any atom is -0.472 e. The molecule has 0 atom stereocenters. The number of hydrogen-bond donors (Lipinski definition) is 1. The van der Waals surface area contributed by atoms with Gasteiger partial charge in [0.25, 0.3) is 0 Å². The summed E-state index contributed by atoms with van der Waals surface area (Å²) < 4.78 is 4.17. The molecule has 0 aliphatic heterocycles. The molecule has 82 valence electrons. The number of carbonyl (C=O) groups is 3. The second-order valence-electron chi connectivity index (χ2n) is 2.06. The third-order valence-corrected chi connectivity index (χ3v) is 0.844. The molecule has 0 amide bonds. The smallest absolute Gasteiger partial charge is 0.381 e. The summed E-state index contributed by atoms with van der Waals surface area (Å²) in [4.78, 5) is 30.1. The van der Waals surface area contributed by atoms with E-state index in [1.165, 1.54) is 5.92 Å². The summed E-state index contributed by atoms with van der Waals surface area (Å²) in [5.74, 6) is 2.81. The van der Waals surface area contributed by atoms with Crippen molar-refractivity contribution in [2.24, 2.45) is 0 Å². The van der Waals surface area contributed by atoms with Crippen LogP contribution in [0, 0.1) is 37.0 Å². The zero-order chi connectivity index (χ0) is 13.0. The van der Waals surface area contributed by atoms with E-state index in [-0.39, 0.29) is 12.8 Å². The molecule has 0 bridgehead atoms. The van der Waals surface area contributed by atoms with E-state index < -0.39 is 17.9 Å². The first kappa shape index (κ1) is 15.7. The maximum atomic E-state index is 10.5. The standard InChI is InChI=1S/C8H6O3.C3H2O2/c1-3-5-7(9)11-8(10)6-4-2;1-2-3(4)5/h1-2H,5-6H2;1H,(H,4,5). The van der Waals surface area contributed by atoms with Gasteiger partial charge in [-0.3, -0.25) is 9.59 Å². The highest BCUT2D eigenvalue weighted by molar-refractivity contribution is 5.87. The molecular weight excluding hydrogens is 212 g/mol. The van der Waals surface area contributed by atoms with Gasteiger partial charge in [-0.1, -0.05) is 11.8 Å². The Hall–Kier alpha value is -2.71. The van der Waals surface area contributed by atoms with E-state index in [1.807, 2.05) is 11.8 Å². The molecule has 1 N–H and O–H groups in total. The molecule has 0 aromatic carbocycles. The lowest BCUT2D eigenvalue weighted by Crippen LogP contribution is -2.10. The van der Waals surface area contributed by atoms with Gasteiger partial charge in [0.1, 0.15) is 12.8 Å². The maximum absolute atomic E-state index is 10.5. The zero-order valence-electron chi connectivity index (χ0n) is 8.23. The van der Waals surface area contributed by atoms with E-state index in [1.54, 1.807) is 0 Å². The van der Waals surface area contributed by atoms with E-state index in [0.29, 0.717) is 0 Å². The highest BCUT2D eigenvalue weighted by Gasteiger charge is 2.06. The van der Waals surface area contributed by atoms with Gasteiger partial charge >= 0.3 is 17.9 Å². The van der Waals surface area contributed by atoms with Crippen LogP contribution in [0.25, 0.3) is 0 Å². The fourth-order valence-corrected chi connectivity index (χ4v) is 0.366. The van der Waals surface area contributed by atoms with Crippen LogP contribution >= 0.6 is 0 Å². The Balaban J connectivity index is 0. The van der Waals surface area contributed by atoms with Gasteiger partial charge in [-0.2, -0.15) is 0 Å². The van der Waals surface area contributed by atoms with Crippen molar-refractivity contribution in [1.82, 2.24) is 0 Å². The van der Waals surface area contributed by atoms with Crippen molar-refractivity contribution in [3.63, 3.8) is 0 Å². The number of terminal acetylenes is 3. The normalized spacial score (nSPS) is 6.81. The maximum Gasteiger partial charge on any atom is 0.381 e. The fraction of sp³-hybridized carbons (Fsp3) is 0.182. The fourth-order valence-electron chi connectivity index (χ4n) is 0.366. The summed E-state index contributed by atoms with van der Waals surface area (Å²) in [5.41, 5.74) is 0. The third kappa shape index (κ3) is 13.9. The van der Waals surface area contributed by atoms with E-state index in [4.69, 9.17) is 22.7 Å². The van der Waals surface area contributed by atoms with Gasteiger partial charge in [-0.05, 0) is 0 Å². The Morgan fingerprint density at radius 1 is 1.00 bits per heavy atom. The predicted molar refractivity (Wildman–Crippen MR) is 54.5 cm³/mol. The lowest BCUT2D eigenvalue weighted by Gasteiger charge is -1.94. The first-order valence-corrected chi connectivity index (χ1v) is 3.77. The SMILES string of the molecule is C#CC(=O)O.C#CCC(=O)OC(=O)CC#C. The Morgan fingerprint density at radius 2 is 1.31 bits per heavy atom. The topological polar surface area (TPSA) is 80.7 Å². The van der Waals surface area contributed by atoms with Gasteiger partial charge in [0.2, 0.25) is 0 Å². The number of aliphatic carboxylic acids is 1. The quantitative estimate of drug-likeness (QED) is 0.396. The summed E-state index contributed by atoms with van der Waals surface area (Å²) in [6.07, 6.45) is 13.5. The summed E-state index contributed by atoms with van der Waals surface area (Å²) in [7, 11) is 0. The van der Waals surface area contributed by atoms with Gasteiger partial charge < -0.3 is 9.84 Å². The van der Waals surface area contributed by atoms with Crippen molar-refractivity contribution >= 4 is 17.9 Å². The molecule has 0 aliphatic rings. The minimum atomic E-state index is -1.22. The Bertz CT molecular complexity index is 360. The van der Waals surface area contributed by atoms with E-state index in [0.717, 1.165) is 0 Å². The van der Waals surface area contributed by atoms with Crippen LogP contribution in [0.4, 0.5) is 0 Å². The van der Waals surface area contributed by atoms with E-state index in [9.17, 15) is 9.59 Å². The third-order valence-electron chi connectivity index (χ3n) is 0.844. The number of carbonyl (C=O) groups excluding carboxylic acids is 2. The first-order valence-electron chi connectivity index (χ1n) is 3.77. The van der Waals surface area contributed by atoms with Crippen molar-refractivity contribution in [2.75, 3.05) is 0 Å². The predicted octanol–water partition coefficient (Wildman–Crippen LogP) is -0.193. The van der Waals surface area contributed by atoms with Crippen LogP contribution in [0.2, 0.25) is 0 Å². The Kier molecular flexibility index (Phi) is 10.2. The van der Waals surface area contributed by atoms with Crippen LogP contribution in [0.5, 0.6) is 0 Å². The van der Waals surface area contributed by atoms with Crippen molar-refractivity contribution in [3.8, 4) is 37.0 Å². The van der Waals surface area contributed by atoms with E-state index in [2.05, 4.69) is 11.2 Å². The number of carboxylic acid groups (broad SMARTS) is 1. The van der Waals surface area contributed by atoms with Crippen molar-refractivity contribution in [2.45, 2.75) is 12.8 Å². The summed E-state index contributed by atoms with van der Waals surface area (Å²) in [6, 6.07) is 0. The second-order valence-corrected chi connectivity index (χ2v) is 2.06. The number of rotatable bonds is 2. The van der Waals surface area contributed by atoms with Gasteiger partial charge in [-0.25, -0.2) is 4.79 Å². The molecule has 0 radical (unpaired) electrons. The zero-order valence-corrected chi connectivity index (χ0v) is 8.23. The van der Waals surface area contributed by atoms with Crippen LogP contribution in [-0.2, 0) is 19.1 Å². The molecule has 0 saturated carbocycles. The summed E-state index contributed by atoms with van der Waals surface area (Å²) in [6.45, 7) is 0. The molecule has 0 aliphatic carbocycles. The summed E-state index contributed by atoms with van der Waals surface area (Å²) >= 11 is 0. The lowest BCUT2D eigenvalue weighted by molar-refractivity contribution is -0.158. The second kappa shape index (κ2) is 10.4. The van der Waals surface area contributed by atoms with Gasteiger partial charge in [0.05, 0.1) is 0 Å². The molecule has 5 nitrogen and oxygen atoms in total. The molecule has 0 heterocycles. The first-order chi connectivity index (χ1) is 7.47. The minimum absolute atomic E-state index is 0.212. The Morgan fingerprint density at radius 3 is 1.50 bits per heavy atom. The number of carboxylic acids is 1. The molecule has 0 aromatic rings. The van der Waals surface area contributed by atoms with Gasteiger partial charge in [0.15, 0.2) is 0 Å². The lowest BCUT2D eigenvalue weighted by atomic mass is 10.4. The van der Waals surface area contributed by atoms with Crippen LogP contribution in [0.3, 0.4) is 0 Å². The summed E-state index contributed by atoms with van der Waals surface area (Å²) in [5, 5.41) is 7.49. The van der Waals surface area contributed by atoms with E-state index >= 15 is 0 Å². The molecule has 0 unspecified atom stereocenters. The molecule has 0 aromatic heterocycles. The average molecular weight is 220 g/mol. The number of esters is 2. The molecule has 0 fully saturated rings. The van der Waals surface area contributed by atoms with Crippen molar-refractivity contribution in [1.29, 1.82) is 0 Å². The highest BCUT2D eigenvalue weighted by Crippen LogP contribution is 1.88. The molecule has 5 heteroatoms. The van der Waals surface area contributed by atoms with Crippen LogP contribution in [-0.4, -0.2) is 23.0 Å². The molecule has 0 spiro atoms. The highest BCUT2D eigenvalue weighted by atomic mass is 16.6. The molecule has 0 saturated heterocycles. The number of ether oxygens (including phenoxy) is 1. The molecular formula is C11H8O5. The largest absolute Gasteiger partial charge is 0.472 e. The van der Waals surface area contributed by atoms with Crippen LogP contribution < -0.4 is 0 Å². The Labute approximate surface area is 92.8 Å². The van der Waals surface area contributed by atoms with Crippen LogP contribution in [0.1, 0.15) is 12.8 Å².